The highest BCUT2D eigenvalue weighted by atomic mass is 16.6. The van der Waals surface area contributed by atoms with Gasteiger partial charge in [-0.05, 0) is 12.0 Å². The Morgan fingerprint density at radius 3 is 2.70 bits per heavy atom. The third kappa shape index (κ3) is 2.86. The summed E-state index contributed by atoms with van der Waals surface area (Å²) in [4.78, 5) is 38.9. The van der Waals surface area contributed by atoms with Gasteiger partial charge in [-0.15, -0.1) is 0 Å². The maximum Gasteiger partial charge on any atom is 0.410 e. The van der Waals surface area contributed by atoms with Gasteiger partial charge in [0.15, 0.2) is 0 Å². The minimum absolute atomic E-state index is 0.165. The Labute approximate surface area is 134 Å². The molecule has 2 saturated heterocycles. The van der Waals surface area contributed by atoms with Crippen molar-refractivity contribution in [1.29, 1.82) is 0 Å². The van der Waals surface area contributed by atoms with E-state index in [9.17, 15) is 14.4 Å². The number of carbonyl (C=O) groups excluding carboxylic acids is 3. The van der Waals surface area contributed by atoms with Crippen LogP contribution in [0.25, 0.3) is 0 Å². The molecular formula is C16H19N3O4. The molecule has 2 fully saturated rings. The lowest BCUT2D eigenvalue weighted by Gasteiger charge is -2.23. The Kier molecular flexibility index (Phi) is 4.18. The van der Waals surface area contributed by atoms with Gasteiger partial charge < -0.3 is 15.0 Å². The average molecular weight is 317 g/mol. The molecule has 0 saturated carbocycles. The van der Waals surface area contributed by atoms with Crippen molar-refractivity contribution in [2.45, 2.75) is 31.5 Å². The smallest absolute Gasteiger partial charge is 0.410 e. The molecule has 2 aliphatic heterocycles. The minimum Gasteiger partial charge on any atom is -0.445 e. The fraction of sp³-hybridized carbons (Fsp3) is 0.438. The van der Waals surface area contributed by atoms with Gasteiger partial charge in [0.25, 0.3) is 0 Å². The van der Waals surface area contributed by atoms with Crippen LogP contribution in [-0.2, 0) is 16.1 Å². The molecule has 4 amide bonds. The van der Waals surface area contributed by atoms with Crippen LogP contribution in [0.15, 0.2) is 30.3 Å². The summed E-state index contributed by atoms with van der Waals surface area (Å²) in [6, 6.07) is 8.46. The van der Waals surface area contributed by atoms with Crippen LogP contribution >= 0.6 is 0 Å². The van der Waals surface area contributed by atoms with Crippen molar-refractivity contribution in [3.8, 4) is 0 Å². The summed E-state index contributed by atoms with van der Waals surface area (Å²) in [5.74, 6) is -0.250. The fourth-order valence-electron chi connectivity index (χ4n) is 3.26. The van der Waals surface area contributed by atoms with E-state index in [1.165, 1.54) is 11.9 Å². The zero-order chi connectivity index (χ0) is 16.4. The Bertz CT molecular complexity index is 619. The van der Waals surface area contributed by atoms with Crippen LogP contribution in [0.3, 0.4) is 0 Å². The van der Waals surface area contributed by atoms with E-state index in [0.717, 1.165) is 5.56 Å². The number of hydrogen-bond acceptors (Lipinski definition) is 4. The minimum atomic E-state index is -0.437. The van der Waals surface area contributed by atoms with E-state index in [-0.39, 0.29) is 31.0 Å². The number of amides is 4. The second-order valence-corrected chi connectivity index (χ2v) is 5.68. The van der Waals surface area contributed by atoms with Crippen molar-refractivity contribution in [1.82, 2.24) is 15.1 Å². The number of benzene rings is 1. The molecule has 2 atom stereocenters. The van der Waals surface area contributed by atoms with Gasteiger partial charge in [-0.1, -0.05) is 30.3 Å². The largest absolute Gasteiger partial charge is 0.445 e. The van der Waals surface area contributed by atoms with Gasteiger partial charge in [0.1, 0.15) is 6.61 Å². The number of nitrogens with one attached hydrogen (secondary N) is 1. The van der Waals surface area contributed by atoms with Crippen LogP contribution < -0.4 is 5.32 Å². The number of ether oxygens (including phenoxy) is 1. The van der Waals surface area contributed by atoms with Crippen molar-refractivity contribution in [3.63, 3.8) is 0 Å². The average Bonchev–Trinajstić information content (AvgIpc) is 3.10. The van der Waals surface area contributed by atoms with E-state index in [0.29, 0.717) is 13.0 Å². The van der Waals surface area contributed by atoms with Crippen molar-refractivity contribution in [3.05, 3.63) is 35.9 Å². The normalized spacial score (nSPS) is 22.9. The number of imide groups is 1. The second-order valence-electron chi connectivity index (χ2n) is 5.68. The Balaban J connectivity index is 1.63. The van der Waals surface area contributed by atoms with Crippen LogP contribution in [0.4, 0.5) is 9.59 Å². The van der Waals surface area contributed by atoms with Crippen LogP contribution in [-0.4, -0.2) is 53.5 Å². The lowest BCUT2D eigenvalue weighted by atomic mass is 10.1. The molecule has 0 radical (unpaired) electrons. The summed E-state index contributed by atoms with van der Waals surface area (Å²) in [6.07, 6.45) is 0.316. The summed E-state index contributed by atoms with van der Waals surface area (Å²) in [5, 5.41) is 2.47. The Morgan fingerprint density at radius 1 is 1.26 bits per heavy atom. The predicted molar refractivity (Wildman–Crippen MR) is 81.4 cm³/mol. The first kappa shape index (κ1) is 15.3. The van der Waals surface area contributed by atoms with Gasteiger partial charge in [-0.3, -0.25) is 9.69 Å². The van der Waals surface area contributed by atoms with E-state index in [2.05, 4.69) is 5.32 Å². The fourth-order valence-corrected chi connectivity index (χ4v) is 3.26. The van der Waals surface area contributed by atoms with Gasteiger partial charge in [0, 0.05) is 20.0 Å². The third-order valence-electron chi connectivity index (χ3n) is 4.37. The lowest BCUT2D eigenvalue weighted by Crippen LogP contribution is -2.45. The van der Waals surface area contributed by atoms with Crippen molar-refractivity contribution in [2.75, 3.05) is 13.6 Å². The Hall–Kier alpha value is -2.57. The molecule has 0 aliphatic carbocycles. The number of urea groups is 1. The SMILES string of the molecule is CNC(=O)N1C(=O)C[C@@H]2[C@@H]1CCN2C(=O)OCc1ccccc1. The lowest BCUT2D eigenvalue weighted by molar-refractivity contribution is -0.126. The number of likely N-dealkylation sites (tertiary alicyclic amines) is 2. The monoisotopic (exact) mass is 317 g/mol. The topological polar surface area (TPSA) is 79.0 Å². The van der Waals surface area contributed by atoms with Gasteiger partial charge in [0.2, 0.25) is 5.91 Å². The molecule has 1 N–H and O–H groups in total. The first-order valence-corrected chi connectivity index (χ1v) is 7.63. The molecule has 1 aromatic carbocycles. The molecule has 0 aromatic heterocycles. The van der Waals surface area contributed by atoms with Gasteiger partial charge in [0.05, 0.1) is 12.1 Å². The summed E-state index contributed by atoms with van der Waals surface area (Å²) in [7, 11) is 1.49. The molecule has 0 unspecified atom stereocenters. The summed E-state index contributed by atoms with van der Waals surface area (Å²) in [5.41, 5.74) is 0.908. The molecule has 7 nitrogen and oxygen atoms in total. The molecule has 0 bridgehead atoms. The second kappa shape index (κ2) is 6.28. The number of fused-ring (bicyclic) bond motifs is 1. The Morgan fingerprint density at radius 2 is 2.00 bits per heavy atom. The molecule has 7 heteroatoms. The zero-order valence-electron chi connectivity index (χ0n) is 12.9. The van der Waals surface area contributed by atoms with Crippen molar-refractivity contribution in [2.24, 2.45) is 0 Å². The summed E-state index contributed by atoms with van der Waals surface area (Å²) >= 11 is 0. The molecule has 0 spiro atoms. The van der Waals surface area contributed by atoms with Crippen LogP contribution in [0.1, 0.15) is 18.4 Å². The quantitative estimate of drug-likeness (QED) is 0.893. The highest BCUT2D eigenvalue weighted by Crippen LogP contribution is 2.32. The third-order valence-corrected chi connectivity index (χ3v) is 4.37. The summed E-state index contributed by atoms with van der Waals surface area (Å²) < 4.78 is 5.33. The first-order valence-electron chi connectivity index (χ1n) is 7.63. The van der Waals surface area contributed by atoms with Crippen LogP contribution in [0, 0.1) is 0 Å². The maximum atomic E-state index is 12.3. The molecule has 2 aliphatic rings. The number of nitrogens with zero attached hydrogens (tertiary/aromatic N) is 2. The highest BCUT2D eigenvalue weighted by molar-refractivity contribution is 5.97. The zero-order valence-corrected chi connectivity index (χ0v) is 12.9. The van der Waals surface area contributed by atoms with E-state index in [4.69, 9.17) is 4.74 Å². The molecule has 2 heterocycles. The molecule has 23 heavy (non-hydrogen) atoms. The number of rotatable bonds is 2. The first-order chi connectivity index (χ1) is 11.1. The van der Waals surface area contributed by atoms with E-state index in [1.54, 1.807) is 4.90 Å². The van der Waals surface area contributed by atoms with Crippen molar-refractivity contribution < 1.29 is 19.1 Å². The molecule has 122 valence electrons. The van der Waals surface area contributed by atoms with Gasteiger partial charge in [-0.2, -0.15) is 0 Å². The van der Waals surface area contributed by atoms with Gasteiger partial charge >= 0.3 is 12.1 Å². The summed E-state index contributed by atoms with van der Waals surface area (Å²) in [6.45, 7) is 0.685. The molecule has 3 rings (SSSR count). The standard InChI is InChI=1S/C16H19N3O4/c1-17-15(21)19-12-7-8-18(13(12)9-14(19)20)16(22)23-10-11-5-3-2-4-6-11/h2-6,12-13H,7-10H2,1H3,(H,17,21)/t12-,13+/m0/s1. The van der Waals surface area contributed by atoms with E-state index >= 15 is 0 Å². The van der Waals surface area contributed by atoms with E-state index in [1.807, 2.05) is 30.3 Å². The van der Waals surface area contributed by atoms with Gasteiger partial charge in [-0.25, -0.2) is 9.59 Å². The number of hydrogen-bond donors (Lipinski definition) is 1. The predicted octanol–water partition coefficient (Wildman–Crippen LogP) is 1.34. The van der Waals surface area contributed by atoms with E-state index < -0.39 is 12.1 Å². The molecular weight excluding hydrogens is 298 g/mol. The van der Waals surface area contributed by atoms with Crippen LogP contribution in [0.2, 0.25) is 0 Å². The maximum absolute atomic E-state index is 12.3. The molecule has 1 aromatic rings. The van der Waals surface area contributed by atoms with Crippen LogP contribution in [0.5, 0.6) is 0 Å². The highest BCUT2D eigenvalue weighted by Gasteiger charge is 2.51. The number of carbonyl (C=O) groups is 3. The van der Waals surface area contributed by atoms with Crippen molar-refractivity contribution >= 4 is 18.0 Å².